The first-order chi connectivity index (χ1) is 8.72. The van der Waals surface area contributed by atoms with Gasteiger partial charge in [0, 0.05) is 18.3 Å². The zero-order valence-electron chi connectivity index (χ0n) is 10.8. The first kappa shape index (κ1) is 13.0. The number of carbonyl (C=O) groups is 1. The monoisotopic (exact) mass is 247 g/mol. The first-order valence-corrected chi connectivity index (χ1v) is 6.62. The molecule has 1 aliphatic rings. The Morgan fingerprint density at radius 3 is 3.11 bits per heavy atom. The normalized spacial score (nSPS) is 24.8. The average Bonchev–Trinajstić information content (AvgIpc) is 2.88. The van der Waals surface area contributed by atoms with E-state index >= 15 is 0 Å². The van der Waals surface area contributed by atoms with E-state index in [0.717, 1.165) is 24.8 Å². The van der Waals surface area contributed by atoms with Crippen LogP contribution in [0.25, 0.3) is 0 Å². The maximum atomic E-state index is 12.2. The summed E-state index contributed by atoms with van der Waals surface area (Å²) < 4.78 is 0. The highest BCUT2D eigenvalue weighted by atomic mass is 16.2. The van der Waals surface area contributed by atoms with Crippen LogP contribution in [0.5, 0.6) is 0 Å². The maximum Gasteiger partial charge on any atom is 0.223 e. The van der Waals surface area contributed by atoms with E-state index in [-0.39, 0.29) is 17.9 Å². The van der Waals surface area contributed by atoms with Crippen molar-refractivity contribution < 1.29 is 4.79 Å². The molecule has 1 amide bonds. The van der Waals surface area contributed by atoms with Crippen LogP contribution in [0.1, 0.15) is 37.8 Å². The Morgan fingerprint density at radius 2 is 2.44 bits per heavy atom. The molecular formula is C14H21N3O. The van der Waals surface area contributed by atoms with Crippen molar-refractivity contribution in [3.63, 3.8) is 0 Å². The van der Waals surface area contributed by atoms with E-state index in [1.54, 1.807) is 12.4 Å². The fraction of sp³-hybridized carbons (Fsp3) is 0.571. The molecule has 98 valence electrons. The Hall–Kier alpha value is -1.42. The summed E-state index contributed by atoms with van der Waals surface area (Å²) in [5, 5.41) is 3.07. The number of pyridine rings is 1. The molecule has 4 nitrogen and oxygen atoms in total. The highest BCUT2D eigenvalue weighted by molar-refractivity contribution is 5.79. The lowest BCUT2D eigenvalue weighted by molar-refractivity contribution is -0.126. The van der Waals surface area contributed by atoms with E-state index in [2.05, 4.69) is 10.3 Å². The van der Waals surface area contributed by atoms with Gasteiger partial charge >= 0.3 is 0 Å². The molecule has 4 heteroatoms. The molecule has 0 saturated heterocycles. The van der Waals surface area contributed by atoms with E-state index in [0.29, 0.717) is 12.5 Å². The number of hydrogen-bond acceptors (Lipinski definition) is 3. The highest BCUT2D eigenvalue weighted by Crippen LogP contribution is 2.31. The molecule has 18 heavy (non-hydrogen) atoms. The third-order valence-corrected chi connectivity index (χ3v) is 3.84. The average molecular weight is 247 g/mol. The second-order valence-electron chi connectivity index (χ2n) is 5.05. The molecular weight excluding hydrogens is 226 g/mol. The van der Waals surface area contributed by atoms with Crippen molar-refractivity contribution in [1.29, 1.82) is 0 Å². The van der Waals surface area contributed by atoms with Crippen LogP contribution in [0, 0.1) is 11.8 Å². The molecule has 3 unspecified atom stereocenters. The Labute approximate surface area is 108 Å². The molecule has 3 N–H and O–H groups in total. The summed E-state index contributed by atoms with van der Waals surface area (Å²) >= 11 is 0. The van der Waals surface area contributed by atoms with Gasteiger partial charge in [-0.05, 0) is 43.9 Å². The van der Waals surface area contributed by atoms with Gasteiger partial charge in [0.25, 0.3) is 0 Å². The Bertz CT molecular complexity index is 393. The van der Waals surface area contributed by atoms with Gasteiger partial charge in [0.2, 0.25) is 5.91 Å². The smallest absolute Gasteiger partial charge is 0.223 e. The van der Waals surface area contributed by atoms with Crippen LogP contribution in [-0.4, -0.2) is 17.4 Å². The summed E-state index contributed by atoms with van der Waals surface area (Å²) in [5.74, 6) is 0.583. The molecule has 1 saturated carbocycles. The summed E-state index contributed by atoms with van der Waals surface area (Å²) in [6.45, 7) is 2.60. The third-order valence-electron chi connectivity index (χ3n) is 3.84. The topological polar surface area (TPSA) is 68.0 Å². The molecule has 3 atom stereocenters. The number of carbonyl (C=O) groups excluding carboxylic acids is 1. The SMILES string of the molecule is CC(NC(=O)C1CCCC1CN)c1cccnc1. The van der Waals surface area contributed by atoms with Crippen molar-refractivity contribution in [3.05, 3.63) is 30.1 Å². The molecule has 0 aromatic carbocycles. The van der Waals surface area contributed by atoms with E-state index in [1.165, 1.54) is 0 Å². The van der Waals surface area contributed by atoms with Crippen molar-refractivity contribution in [1.82, 2.24) is 10.3 Å². The standard InChI is InChI=1S/C14H21N3O/c1-10(12-5-3-7-16-9-12)17-14(18)13-6-2-4-11(13)8-15/h3,5,7,9-11,13H,2,4,6,8,15H2,1H3,(H,17,18). The lowest BCUT2D eigenvalue weighted by Gasteiger charge is -2.21. The van der Waals surface area contributed by atoms with Gasteiger partial charge < -0.3 is 11.1 Å². The second kappa shape index (κ2) is 5.96. The van der Waals surface area contributed by atoms with Crippen molar-refractivity contribution in [3.8, 4) is 0 Å². The zero-order valence-corrected chi connectivity index (χ0v) is 10.8. The van der Waals surface area contributed by atoms with E-state index in [4.69, 9.17) is 5.73 Å². The van der Waals surface area contributed by atoms with Crippen LogP contribution < -0.4 is 11.1 Å². The number of hydrogen-bond donors (Lipinski definition) is 2. The molecule has 1 fully saturated rings. The van der Waals surface area contributed by atoms with Gasteiger partial charge in [-0.15, -0.1) is 0 Å². The third kappa shape index (κ3) is 2.88. The molecule has 0 aliphatic heterocycles. The Balaban J connectivity index is 1.95. The van der Waals surface area contributed by atoms with Crippen LogP contribution >= 0.6 is 0 Å². The number of aromatic nitrogens is 1. The summed E-state index contributed by atoms with van der Waals surface area (Å²) in [6.07, 6.45) is 6.68. The second-order valence-corrected chi connectivity index (χ2v) is 5.05. The predicted molar refractivity (Wildman–Crippen MR) is 70.7 cm³/mol. The summed E-state index contributed by atoms with van der Waals surface area (Å²) in [7, 11) is 0. The molecule has 1 aromatic rings. The van der Waals surface area contributed by atoms with Gasteiger partial charge in [-0.25, -0.2) is 0 Å². The van der Waals surface area contributed by atoms with Crippen molar-refractivity contribution >= 4 is 5.91 Å². The van der Waals surface area contributed by atoms with Crippen LogP contribution in [-0.2, 0) is 4.79 Å². The minimum Gasteiger partial charge on any atom is -0.349 e. The van der Waals surface area contributed by atoms with E-state index in [9.17, 15) is 4.79 Å². The Morgan fingerprint density at radius 1 is 1.61 bits per heavy atom. The van der Waals surface area contributed by atoms with Crippen molar-refractivity contribution in [2.24, 2.45) is 17.6 Å². The van der Waals surface area contributed by atoms with Gasteiger partial charge in [0.15, 0.2) is 0 Å². The summed E-state index contributed by atoms with van der Waals surface area (Å²) in [6, 6.07) is 3.87. The fourth-order valence-corrected chi connectivity index (χ4v) is 2.70. The van der Waals surface area contributed by atoms with Gasteiger partial charge in [-0.2, -0.15) is 0 Å². The lowest BCUT2D eigenvalue weighted by Crippen LogP contribution is -2.36. The minimum absolute atomic E-state index is 0.00484. The zero-order chi connectivity index (χ0) is 13.0. The van der Waals surface area contributed by atoms with Crippen molar-refractivity contribution in [2.75, 3.05) is 6.54 Å². The van der Waals surface area contributed by atoms with Gasteiger partial charge in [0.05, 0.1) is 6.04 Å². The molecule has 1 aliphatic carbocycles. The minimum atomic E-state index is 0.00484. The number of nitrogens with two attached hydrogens (primary N) is 1. The molecule has 1 aromatic heterocycles. The largest absolute Gasteiger partial charge is 0.349 e. The molecule has 2 rings (SSSR count). The van der Waals surface area contributed by atoms with Crippen LogP contribution in [0.2, 0.25) is 0 Å². The molecule has 0 spiro atoms. The first-order valence-electron chi connectivity index (χ1n) is 6.62. The summed E-state index contributed by atoms with van der Waals surface area (Å²) in [4.78, 5) is 16.3. The van der Waals surface area contributed by atoms with E-state index in [1.807, 2.05) is 19.1 Å². The van der Waals surface area contributed by atoms with Crippen molar-refractivity contribution in [2.45, 2.75) is 32.2 Å². The van der Waals surface area contributed by atoms with Crippen LogP contribution in [0.3, 0.4) is 0 Å². The van der Waals surface area contributed by atoms with E-state index < -0.39 is 0 Å². The Kier molecular flexibility index (Phi) is 4.31. The predicted octanol–water partition coefficient (Wildman–Crippen LogP) is 1.63. The number of nitrogens with zero attached hydrogens (tertiary/aromatic N) is 1. The van der Waals surface area contributed by atoms with Crippen LogP contribution in [0.4, 0.5) is 0 Å². The van der Waals surface area contributed by atoms with Gasteiger partial charge in [-0.3, -0.25) is 9.78 Å². The number of amides is 1. The number of rotatable bonds is 4. The molecule has 0 radical (unpaired) electrons. The maximum absolute atomic E-state index is 12.2. The molecule has 0 bridgehead atoms. The lowest BCUT2D eigenvalue weighted by atomic mass is 9.95. The fourth-order valence-electron chi connectivity index (χ4n) is 2.70. The summed E-state index contributed by atoms with van der Waals surface area (Å²) in [5.41, 5.74) is 6.75. The highest BCUT2D eigenvalue weighted by Gasteiger charge is 2.32. The quantitative estimate of drug-likeness (QED) is 0.849. The van der Waals surface area contributed by atoms with Gasteiger partial charge in [0.1, 0.15) is 0 Å². The van der Waals surface area contributed by atoms with Crippen LogP contribution in [0.15, 0.2) is 24.5 Å². The number of nitrogens with one attached hydrogen (secondary N) is 1. The van der Waals surface area contributed by atoms with Gasteiger partial charge in [-0.1, -0.05) is 12.5 Å². The molecule has 1 heterocycles.